The molecule has 0 fully saturated rings. The molecule has 0 N–H and O–H groups in total. The average molecular weight is 193 g/mol. The molecule has 0 aliphatic rings. The Kier molecular flexibility index (Phi) is 2.60. The van der Waals surface area contributed by atoms with E-state index in [1.165, 1.54) is 0 Å². The summed E-state index contributed by atoms with van der Waals surface area (Å²) in [5.41, 5.74) is -2.11. The van der Waals surface area contributed by atoms with Gasteiger partial charge in [-0.15, -0.1) is 0 Å². The molecule has 1 aromatic rings. The number of carbonyl (C=O) groups is 1. The van der Waals surface area contributed by atoms with E-state index in [4.69, 9.17) is 0 Å². The van der Waals surface area contributed by atoms with Crippen molar-refractivity contribution in [2.45, 2.75) is 6.43 Å². The molecule has 0 saturated heterocycles. The van der Waals surface area contributed by atoms with E-state index in [2.05, 4.69) is 4.98 Å². The molecule has 1 rings (SSSR count). The first kappa shape index (κ1) is 9.63. The van der Waals surface area contributed by atoms with Gasteiger partial charge in [0.2, 0.25) is 5.95 Å². The third kappa shape index (κ3) is 1.82. The Hall–Kier alpha value is -1.46. The largest absolute Gasteiger partial charge is 0.298 e. The highest BCUT2D eigenvalue weighted by Crippen LogP contribution is 2.21. The zero-order valence-electron chi connectivity index (χ0n) is 6.10. The summed E-state index contributed by atoms with van der Waals surface area (Å²) >= 11 is 0. The van der Waals surface area contributed by atoms with Crippen LogP contribution in [0, 0.1) is 11.8 Å². The lowest BCUT2D eigenvalue weighted by Crippen LogP contribution is -2.02. The zero-order chi connectivity index (χ0) is 10.0. The van der Waals surface area contributed by atoms with Crippen LogP contribution in [0.4, 0.5) is 17.6 Å². The molecule has 0 radical (unpaired) electrons. The van der Waals surface area contributed by atoms with Crippen molar-refractivity contribution in [2.24, 2.45) is 0 Å². The van der Waals surface area contributed by atoms with Crippen LogP contribution in [0.2, 0.25) is 0 Å². The molecule has 0 unspecified atom stereocenters. The fourth-order valence-corrected chi connectivity index (χ4v) is 0.766. The number of pyridine rings is 1. The lowest BCUT2D eigenvalue weighted by atomic mass is 10.2. The predicted octanol–water partition coefficient (Wildman–Crippen LogP) is 2.11. The quantitative estimate of drug-likeness (QED) is 0.409. The molecule has 0 aliphatic heterocycles. The Balaban J connectivity index is 3.35. The molecule has 1 aromatic heterocycles. The van der Waals surface area contributed by atoms with E-state index in [-0.39, 0.29) is 6.29 Å². The minimum Gasteiger partial charge on any atom is -0.298 e. The Morgan fingerprint density at radius 3 is 2.46 bits per heavy atom. The summed E-state index contributed by atoms with van der Waals surface area (Å²) < 4.78 is 49.0. The molecule has 13 heavy (non-hydrogen) atoms. The number of rotatable bonds is 2. The summed E-state index contributed by atoms with van der Waals surface area (Å²) in [6.07, 6.45) is -3.29. The van der Waals surface area contributed by atoms with Crippen LogP contribution in [0.15, 0.2) is 6.07 Å². The number of hydrogen-bond donors (Lipinski definition) is 0. The van der Waals surface area contributed by atoms with Crippen molar-refractivity contribution in [3.63, 3.8) is 0 Å². The van der Waals surface area contributed by atoms with Crippen LogP contribution in [-0.4, -0.2) is 11.3 Å². The molecule has 0 bridgehead atoms. The third-order valence-corrected chi connectivity index (χ3v) is 1.31. The van der Waals surface area contributed by atoms with Crippen molar-refractivity contribution in [1.82, 2.24) is 4.98 Å². The van der Waals surface area contributed by atoms with Crippen molar-refractivity contribution in [3.8, 4) is 0 Å². The Labute approximate surface area is 70.2 Å². The fraction of sp³-hybridized carbons (Fsp3) is 0.143. The minimum absolute atomic E-state index is 0.0496. The molecule has 6 heteroatoms. The van der Waals surface area contributed by atoms with Gasteiger partial charge in [0.05, 0.1) is 5.56 Å². The summed E-state index contributed by atoms with van der Waals surface area (Å²) in [5, 5.41) is 0. The normalized spacial score (nSPS) is 10.5. The Morgan fingerprint density at radius 1 is 1.38 bits per heavy atom. The maximum atomic E-state index is 12.8. The first-order valence-corrected chi connectivity index (χ1v) is 3.15. The summed E-state index contributed by atoms with van der Waals surface area (Å²) in [5.74, 6) is -2.79. The summed E-state index contributed by atoms with van der Waals surface area (Å²) in [7, 11) is 0. The number of aromatic nitrogens is 1. The van der Waals surface area contributed by atoms with Crippen LogP contribution in [0.25, 0.3) is 0 Å². The monoisotopic (exact) mass is 193 g/mol. The zero-order valence-corrected chi connectivity index (χ0v) is 6.10. The van der Waals surface area contributed by atoms with Crippen LogP contribution < -0.4 is 0 Å². The van der Waals surface area contributed by atoms with E-state index in [9.17, 15) is 22.4 Å². The number of halogens is 4. The van der Waals surface area contributed by atoms with Crippen molar-refractivity contribution in [3.05, 3.63) is 29.1 Å². The van der Waals surface area contributed by atoms with Crippen LogP contribution in [0.5, 0.6) is 0 Å². The highest BCUT2D eigenvalue weighted by atomic mass is 19.3. The van der Waals surface area contributed by atoms with Gasteiger partial charge in [-0.3, -0.25) is 4.79 Å². The Bertz CT molecular complexity index is 340. The standard InChI is InChI=1S/C7H3F4NO/c8-4-1-3(2-13)5(9)6(12-4)7(10)11/h1-2,7H. The number of alkyl halides is 2. The first-order chi connectivity index (χ1) is 6.06. The molecular formula is C7H3F4NO. The SMILES string of the molecule is O=Cc1cc(F)nc(C(F)F)c1F. The number of carbonyl (C=O) groups excluding carboxylic acids is 1. The van der Waals surface area contributed by atoms with Crippen molar-refractivity contribution in [1.29, 1.82) is 0 Å². The molecule has 70 valence electrons. The van der Waals surface area contributed by atoms with Crippen molar-refractivity contribution < 1.29 is 22.4 Å². The molecular weight excluding hydrogens is 190 g/mol. The second kappa shape index (κ2) is 3.51. The van der Waals surface area contributed by atoms with E-state index >= 15 is 0 Å². The van der Waals surface area contributed by atoms with E-state index in [1.807, 2.05) is 0 Å². The molecule has 0 aliphatic carbocycles. The van der Waals surface area contributed by atoms with E-state index in [0.29, 0.717) is 6.07 Å². The van der Waals surface area contributed by atoms with E-state index in [0.717, 1.165) is 0 Å². The third-order valence-electron chi connectivity index (χ3n) is 1.31. The highest BCUT2D eigenvalue weighted by molar-refractivity contribution is 5.75. The van der Waals surface area contributed by atoms with Crippen molar-refractivity contribution >= 4 is 6.29 Å². The van der Waals surface area contributed by atoms with Gasteiger partial charge < -0.3 is 0 Å². The van der Waals surface area contributed by atoms with Crippen LogP contribution >= 0.6 is 0 Å². The van der Waals surface area contributed by atoms with Gasteiger partial charge in [-0.1, -0.05) is 0 Å². The van der Waals surface area contributed by atoms with Gasteiger partial charge in [-0.25, -0.2) is 18.2 Å². The molecule has 2 nitrogen and oxygen atoms in total. The lowest BCUT2D eigenvalue weighted by molar-refractivity contribution is 0.111. The predicted molar refractivity (Wildman–Crippen MR) is 34.5 cm³/mol. The van der Waals surface area contributed by atoms with Gasteiger partial charge in [-0.05, 0) is 0 Å². The number of nitrogens with zero attached hydrogens (tertiary/aromatic N) is 1. The summed E-state index contributed by atoms with van der Waals surface area (Å²) in [4.78, 5) is 12.7. The topological polar surface area (TPSA) is 30.0 Å². The highest BCUT2D eigenvalue weighted by Gasteiger charge is 2.19. The van der Waals surface area contributed by atoms with Crippen molar-refractivity contribution in [2.75, 3.05) is 0 Å². The van der Waals surface area contributed by atoms with Gasteiger partial charge in [-0.2, -0.15) is 4.39 Å². The first-order valence-electron chi connectivity index (χ1n) is 3.15. The second-order valence-corrected chi connectivity index (χ2v) is 2.15. The number of hydrogen-bond acceptors (Lipinski definition) is 2. The summed E-state index contributed by atoms with van der Waals surface area (Å²) in [6.45, 7) is 0. The van der Waals surface area contributed by atoms with E-state index < -0.39 is 29.4 Å². The average Bonchev–Trinajstić information content (AvgIpc) is 2.08. The van der Waals surface area contributed by atoms with Gasteiger partial charge in [0.25, 0.3) is 6.43 Å². The molecule has 0 saturated carbocycles. The molecule has 0 amide bonds. The van der Waals surface area contributed by atoms with Crippen LogP contribution in [-0.2, 0) is 0 Å². The smallest absolute Gasteiger partial charge is 0.283 e. The van der Waals surface area contributed by atoms with Crippen LogP contribution in [0.3, 0.4) is 0 Å². The molecule has 1 heterocycles. The van der Waals surface area contributed by atoms with E-state index in [1.54, 1.807) is 0 Å². The fourth-order valence-electron chi connectivity index (χ4n) is 0.766. The minimum atomic E-state index is -3.24. The Morgan fingerprint density at radius 2 is 2.00 bits per heavy atom. The molecule has 0 spiro atoms. The van der Waals surface area contributed by atoms with Crippen LogP contribution in [0.1, 0.15) is 22.5 Å². The maximum absolute atomic E-state index is 12.8. The summed E-state index contributed by atoms with van der Waals surface area (Å²) in [6, 6.07) is 0.453. The molecule has 0 atom stereocenters. The lowest BCUT2D eigenvalue weighted by Gasteiger charge is -2.02. The second-order valence-electron chi connectivity index (χ2n) is 2.15. The number of aldehydes is 1. The molecule has 0 aromatic carbocycles. The maximum Gasteiger partial charge on any atom is 0.283 e. The van der Waals surface area contributed by atoms with Gasteiger partial charge in [0.15, 0.2) is 12.1 Å². The van der Waals surface area contributed by atoms with Gasteiger partial charge in [0, 0.05) is 6.07 Å². The van der Waals surface area contributed by atoms with Gasteiger partial charge >= 0.3 is 0 Å². The van der Waals surface area contributed by atoms with Gasteiger partial charge in [0.1, 0.15) is 5.69 Å².